The van der Waals surface area contributed by atoms with Gasteiger partial charge >= 0.3 is 12.0 Å². The van der Waals surface area contributed by atoms with Crippen LogP contribution in [0.3, 0.4) is 0 Å². The van der Waals surface area contributed by atoms with Gasteiger partial charge in [0, 0.05) is 39.5 Å². The molecule has 0 aliphatic carbocycles. The monoisotopic (exact) mass is 422 g/mol. The Morgan fingerprint density at radius 1 is 1.30 bits per heavy atom. The van der Waals surface area contributed by atoms with Crippen LogP contribution in [0, 0.1) is 0 Å². The number of ether oxygens (including phenoxy) is 3. The lowest BCUT2D eigenvalue weighted by molar-refractivity contribution is -0.144. The molecule has 2 rings (SSSR count). The number of anilines is 1. The van der Waals surface area contributed by atoms with Crippen molar-refractivity contribution >= 4 is 17.8 Å². The van der Waals surface area contributed by atoms with Gasteiger partial charge in [-0.1, -0.05) is 6.07 Å². The van der Waals surface area contributed by atoms with Crippen LogP contribution in [0.1, 0.15) is 37.4 Å². The number of nitrogens with one attached hydrogen (secondary N) is 2. The van der Waals surface area contributed by atoms with Crippen LogP contribution < -0.4 is 10.6 Å². The van der Waals surface area contributed by atoms with Crippen molar-refractivity contribution in [3.8, 4) is 0 Å². The molecule has 0 radical (unpaired) electrons. The maximum Gasteiger partial charge on any atom is 0.317 e. The van der Waals surface area contributed by atoms with Gasteiger partial charge in [0.25, 0.3) is 0 Å². The largest absolute Gasteiger partial charge is 0.466 e. The fourth-order valence-electron chi connectivity index (χ4n) is 3.25. The lowest BCUT2D eigenvalue weighted by atomic mass is 10.1. The molecule has 9 heteroatoms. The van der Waals surface area contributed by atoms with E-state index in [1.807, 2.05) is 0 Å². The van der Waals surface area contributed by atoms with Crippen LogP contribution in [0.5, 0.6) is 0 Å². The summed E-state index contributed by atoms with van der Waals surface area (Å²) in [5, 5.41) is 6.24. The zero-order valence-corrected chi connectivity index (χ0v) is 18.2. The lowest BCUT2D eigenvalue weighted by Crippen LogP contribution is -2.46. The molecule has 0 saturated carbocycles. The summed E-state index contributed by atoms with van der Waals surface area (Å²) in [5.41, 5.74) is 2.27. The van der Waals surface area contributed by atoms with Crippen LogP contribution >= 0.6 is 0 Å². The van der Waals surface area contributed by atoms with Gasteiger partial charge in [0.1, 0.15) is 5.82 Å². The van der Waals surface area contributed by atoms with Gasteiger partial charge < -0.3 is 29.7 Å². The number of urea groups is 1. The van der Waals surface area contributed by atoms with Gasteiger partial charge in [-0.25, -0.2) is 9.78 Å². The molecule has 168 valence electrons. The minimum atomic E-state index is -0.565. The summed E-state index contributed by atoms with van der Waals surface area (Å²) in [7, 11) is 3.02. The van der Waals surface area contributed by atoms with Gasteiger partial charge in [0.2, 0.25) is 0 Å². The molecule has 1 aliphatic heterocycles. The average Bonchev–Trinajstić information content (AvgIpc) is 2.77. The molecule has 0 bridgehead atoms. The molecule has 0 unspecified atom stereocenters. The summed E-state index contributed by atoms with van der Waals surface area (Å²) in [6.45, 7) is 3.98. The number of pyridine rings is 1. The summed E-state index contributed by atoms with van der Waals surface area (Å²) in [5.74, 6) is 0.645. The van der Waals surface area contributed by atoms with Crippen molar-refractivity contribution in [3.63, 3.8) is 0 Å². The van der Waals surface area contributed by atoms with Gasteiger partial charge in [-0.2, -0.15) is 0 Å². The Morgan fingerprint density at radius 2 is 2.10 bits per heavy atom. The quantitative estimate of drug-likeness (QED) is 0.302. The van der Waals surface area contributed by atoms with E-state index in [-0.39, 0.29) is 31.5 Å². The SMILES string of the molecule is CCOC(=O)CCN(CC(OC)OC)C(=O)NCCCc1ccc2c(n1)NCCC2. The fourth-order valence-corrected chi connectivity index (χ4v) is 3.25. The van der Waals surface area contributed by atoms with E-state index in [2.05, 4.69) is 27.8 Å². The highest BCUT2D eigenvalue weighted by atomic mass is 16.7. The Labute approximate surface area is 178 Å². The summed E-state index contributed by atoms with van der Waals surface area (Å²) in [6, 6.07) is 3.93. The molecule has 9 nitrogen and oxygen atoms in total. The van der Waals surface area contributed by atoms with E-state index in [1.165, 1.54) is 24.7 Å². The number of methoxy groups -OCH3 is 2. The van der Waals surface area contributed by atoms with Gasteiger partial charge in [-0.15, -0.1) is 0 Å². The highest BCUT2D eigenvalue weighted by molar-refractivity contribution is 5.75. The second-order valence-electron chi connectivity index (χ2n) is 7.08. The van der Waals surface area contributed by atoms with Crippen LogP contribution in [0.4, 0.5) is 10.6 Å². The number of carbonyl (C=O) groups excluding carboxylic acids is 2. The minimum absolute atomic E-state index is 0.119. The topological polar surface area (TPSA) is 102 Å². The van der Waals surface area contributed by atoms with Crippen molar-refractivity contribution in [2.75, 3.05) is 52.3 Å². The Hall–Kier alpha value is -2.39. The molecule has 2 amide bonds. The lowest BCUT2D eigenvalue weighted by Gasteiger charge is -2.26. The number of carbonyl (C=O) groups is 2. The number of amides is 2. The minimum Gasteiger partial charge on any atom is -0.466 e. The number of esters is 1. The van der Waals surface area contributed by atoms with Crippen LogP contribution in [0.15, 0.2) is 12.1 Å². The van der Waals surface area contributed by atoms with E-state index < -0.39 is 6.29 Å². The van der Waals surface area contributed by atoms with Gasteiger partial charge in [0.15, 0.2) is 6.29 Å². The van der Waals surface area contributed by atoms with Crippen LogP contribution in [0.2, 0.25) is 0 Å². The number of nitrogens with zero attached hydrogens (tertiary/aromatic N) is 2. The number of rotatable bonds is 12. The van der Waals surface area contributed by atoms with E-state index in [4.69, 9.17) is 14.2 Å². The normalized spacial score (nSPS) is 12.8. The molecule has 0 spiro atoms. The van der Waals surface area contributed by atoms with Crippen molar-refractivity contribution in [2.45, 2.75) is 45.3 Å². The Bertz CT molecular complexity index is 681. The van der Waals surface area contributed by atoms with Gasteiger partial charge in [0.05, 0.1) is 19.6 Å². The molecule has 1 aromatic heterocycles. The molecule has 2 N–H and O–H groups in total. The molecule has 0 fully saturated rings. The number of hydrogen-bond donors (Lipinski definition) is 2. The Morgan fingerprint density at radius 3 is 2.83 bits per heavy atom. The average molecular weight is 423 g/mol. The summed E-state index contributed by atoms with van der Waals surface area (Å²) in [6.07, 6.45) is 3.30. The first-order valence-corrected chi connectivity index (χ1v) is 10.5. The molecule has 1 aliphatic rings. The summed E-state index contributed by atoms with van der Waals surface area (Å²) >= 11 is 0. The van der Waals surface area contributed by atoms with E-state index in [0.29, 0.717) is 13.2 Å². The molecule has 0 atom stereocenters. The molecular weight excluding hydrogens is 388 g/mol. The van der Waals surface area contributed by atoms with Crippen molar-refractivity contribution in [2.24, 2.45) is 0 Å². The second-order valence-corrected chi connectivity index (χ2v) is 7.08. The highest BCUT2D eigenvalue weighted by Gasteiger charge is 2.20. The third-order valence-corrected chi connectivity index (χ3v) is 4.91. The molecule has 1 aromatic rings. The standard InChI is InChI=1S/C21H34N4O5/c1-4-30-18(26)11-14-25(15-19(28-2)29-3)21(27)23-13-6-8-17-10-9-16-7-5-12-22-20(16)24-17/h9-10,19H,4-8,11-15H2,1-3H3,(H,22,24)(H,23,27). The van der Waals surface area contributed by atoms with Gasteiger partial charge in [-0.05, 0) is 44.2 Å². The predicted molar refractivity (Wildman–Crippen MR) is 113 cm³/mol. The molecule has 30 heavy (non-hydrogen) atoms. The van der Waals surface area contributed by atoms with Crippen molar-refractivity contribution in [1.82, 2.24) is 15.2 Å². The molecule has 0 saturated heterocycles. The Balaban J connectivity index is 1.80. The first-order valence-electron chi connectivity index (χ1n) is 10.5. The number of aryl methyl sites for hydroxylation is 2. The molecule has 0 aromatic carbocycles. The number of aromatic nitrogens is 1. The number of hydrogen-bond acceptors (Lipinski definition) is 7. The zero-order chi connectivity index (χ0) is 21.8. The third-order valence-electron chi connectivity index (χ3n) is 4.91. The third kappa shape index (κ3) is 7.79. The van der Waals surface area contributed by atoms with Crippen LogP contribution in [-0.4, -0.2) is 75.2 Å². The van der Waals surface area contributed by atoms with Crippen LogP contribution in [0.25, 0.3) is 0 Å². The van der Waals surface area contributed by atoms with E-state index in [0.717, 1.165) is 43.7 Å². The van der Waals surface area contributed by atoms with Crippen molar-refractivity contribution < 1.29 is 23.8 Å². The summed E-state index contributed by atoms with van der Waals surface area (Å²) < 4.78 is 15.3. The smallest absolute Gasteiger partial charge is 0.317 e. The van der Waals surface area contributed by atoms with E-state index in [9.17, 15) is 9.59 Å². The van der Waals surface area contributed by atoms with Crippen LogP contribution in [-0.2, 0) is 31.8 Å². The number of fused-ring (bicyclic) bond motifs is 1. The zero-order valence-electron chi connectivity index (χ0n) is 18.2. The maximum absolute atomic E-state index is 12.6. The summed E-state index contributed by atoms with van der Waals surface area (Å²) in [4.78, 5) is 30.5. The van der Waals surface area contributed by atoms with Crippen molar-refractivity contribution in [3.05, 3.63) is 23.4 Å². The van der Waals surface area contributed by atoms with E-state index >= 15 is 0 Å². The Kier molecular flexibility index (Phi) is 10.4. The first kappa shape index (κ1) is 23.9. The van der Waals surface area contributed by atoms with Crippen molar-refractivity contribution in [1.29, 1.82) is 0 Å². The molecular formula is C21H34N4O5. The molecule has 2 heterocycles. The van der Waals surface area contributed by atoms with Gasteiger partial charge in [-0.3, -0.25) is 4.79 Å². The second kappa shape index (κ2) is 13.0. The first-order chi connectivity index (χ1) is 14.6. The maximum atomic E-state index is 12.6. The highest BCUT2D eigenvalue weighted by Crippen LogP contribution is 2.20. The predicted octanol–water partition coefficient (Wildman–Crippen LogP) is 1.96. The van der Waals surface area contributed by atoms with E-state index in [1.54, 1.807) is 6.92 Å². The fraction of sp³-hybridized carbons (Fsp3) is 0.667.